The molecular formula is C8H10ClNO2S. The third-order valence-electron chi connectivity index (χ3n) is 1.58. The van der Waals surface area contributed by atoms with E-state index in [1.54, 1.807) is 13.0 Å². The van der Waals surface area contributed by atoms with Crippen molar-refractivity contribution in [2.45, 2.75) is 6.92 Å². The third-order valence-corrected chi connectivity index (χ3v) is 2.77. The molecule has 1 unspecified atom stereocenters. The Kier molecular flexibility index (Phi) is 3.57. The predicted molar refractivity (Wildman–Crippen MR) is 54.6 cm³/mol. The van der Waals surface area contributed by atoms with E-state index in [-0.39, 0.29) is 5.92 Å². The average molecular weight is 220 g/mol. The fourth-order valence-electron chi connectivity index (χ4n) is 0.750. The number of hydrogen-bond donors (Lipinski definition) is 2. The van der Waals surface area contributed by atoms with Crippen LogP contribution >= 0.6 is 22.9 Å². The lowest BCUT2D eigenvalue weighted by molar-refractivity contribution is -0.140. The Bertz CT molecular complexity index is 300. The first-order valence-electron chi connectivity index (χ1n) is 3.81. The van der Waals surface area contributed by atoms with Gasteiger partial charge in [-0.2, -0.15) is 0 Å². The Labute approximate surface area is 85.3 Å². The molecule has 0 aliphatic heterocycles. The monoisotopic (exact) mass is 219 g/mol. The smallest absolute Gasteiger partial charge is 0.308 e. The van der Waals surface area contributed by atoms with E-state index in [1.165, 1.54) is 11.3 Å². The van der Waals surface area contributed by atoms with Crippen LogP contribution in [0.1, 0.15) is 6.92 Å². The van der Waals surface area contributed by atoms with Crippen LogP contribution in [0.15, 0.2) is 12.1 Å². The van der Waals surface area contributed by atoms with Gasteiger partial charge in [0.2, 0.25) is 0 Å². The van der Waals surface area contributed by atoms with Crippen molar-refractivity contribution < 1.29 is 9.90 Å². The molecular weight excluding hydrogens is 210 g/mol. The molecule has 0 saturated carbocycles. The second kappa shape index (κ2) is 4.48. The molecule has 1 heterocycles. The number of thiophene rings is 1. The lowest BCUT2D eigenvalue weighted by Gasteiger charge is -2.06. The Morgan fingerprint density at radius 1 is 1.77 bits per heavy atom. The molecule has 0 amide bonds. The fraction of sp³-hybridized carbons (Fsp3) is 0.375. The van der Waals surface area contributed by atoms with E-state index >= 15 is 0 Å². The van der Waals surface area contributed by atoms with E-state index in [1.807, 2.05) is 6.07 Å². The van der Waals surface area contributed by atoms with Gasteiger partial charge in [0, 0.05) is 6.54 Å². The van der Waals surface area contributed by atoms with Crippen LogP contribution in [-0.4, -0.2) is 17.6 Å². The van der Waals surface area contributed by atoms with Gasteiger partial charge in [-0.25, -0.2) is 0 Å². The summed E-state index contributed by atoms with van der Waals surface area (Å²) in [5.74, 6) is -1.18. The van der Waals surface area contributed by atoms with Crippen LogP contribution < -0.4 is 5.32 Å². The summed E-state index contributed by atoms with van der Waals surface area (Å²) >= 11 is 7.10. The molecule has 0 saturated heterocycles. The molecule has 0 fully saturated rings. The zero-order valence-corrected chi connectivity index (χ0v) is 8.65. The minimum Gasteiger partial charge on any atom is -0.481 e. The number of carbonyl (C=O) groups is 1. The summed E-state index contributed by atoms with van der Waals surface area (Å²) in [5.41, 5.74) is 0. The van der Waals surface area contributed by atoms with Crippen molar-refractivity contribution in [2.75, 3.05) is 11.9 Å². The maximum absolute atomic E-state index is 10.5. The fourth-order valence-corrected chi connectivity index (χ4v) is 1.70. The quantitative estimate of drug-likeness (QED) is 0.818. The highest BCUT2D eigenvalue weighted by Gasteiger charge is 2.10. The summed E-state index contributed by atoms with van der Waals surface area (Å²) in [6.07, 6.45) is 0. The minimum atomic E-state index is -0.796. The molecule has 0 radical (unpaired) electrons. The highest BCUT2D eigenvalue weighted by Crippen LogP contribution is 2.25. The standard InChI is InChI=1S/C8H10ClNO2S/c1-5(8(11)12)4-10-7-3-2-6(9)13-7/h2-3,5,10H,4H2,1H3,(H,11,12). The number of rotatable bonds is 4. The van der Waals surface area contributed by atoms with Crippen molar-refractivity contribution in [2.24, 2.45) is 5.92 Å². The van der Waals surface area contributed by atoms with Crippen molar-refractivity contribution in [3.63, 3.8) is 0 Å². The van der Waals surface area contributed by atoms with Gasteiger partial charge in [-0.3, -0.25) is 4.79 Å². The van der Waals surface area contributed by atoms with E-state index in [4.69, 9.17) is 16.7 Å². The van der Waals surface area contributed by atoms with E-state index < -0.39 is 5.97 Å². The highest BCUT2D eigenvalue weighted by molar-refractivity contribution is 7.19. The molecule has 13 heavy (non-hydrogen) atoms. The van der Waals surface area contributed by atoms with Crippen molar-refractivity contribution in [1.29, 1.82) is 0 Å². The molecule has 0 bridgehead atoms. The molecule has 1 aromatic heterocycles. The Morgan fingerprint density at radius 3 is 2.92 bits per heavy atom. The van der Waals surface area contributed by atoms with Crippen LogP contribution in [0.5, 0.6) is 0 Å². The number of carboxylic acids is 1. The predicted octanol–water partition coefficient (Wildman–Crippen LogP) is 2.53. The second-order valence-corrected chi connectivity index (χ2v) is 4.44. The molecule has 1 atom stereocenters. The molecule has 3 nitrogen and oxygen atoms in total. The van der Waals surface area contributed by atoms with Crippen molar-refractivity contribution in [1.82, 2.24) is 0 Å². The van der Waals surface area contributed by atoms with Gasteiger partial charge in [-0.15, -0.1) is 11.3 Å². The number of carboxylic acid groups (broad SMARTS) is 1. The van der Waals surface area contributed by atoms with Crippen LogP contribution in [-0.2, 0) is 4.79 Å². The Balaban J connectivity index is 2.39. The van der Waals surface area contributed by atoms with Gasteiger partial charge in [0.1, 0.15) is 0 Å². The summed E-state index contributed by atoms with van der Waals surface area (Å²) in [4.78, 5) is 10.5. The molecule has 0 aliphatic carbocycles. The van der Waals surface area contributed by atoms with Gasteiger partial charge in [0.15, 0.2) is 0 Å². The zero-order valence-electron chi connectivity index (χ0n) is 7.08. The largest absolute Gasteiger partial charge is 0.481 e. The molecule has 5 heteroatoms. The minimum absolute atomic E-state index is 0.388. The Morgan fingerprint density at radius 2 is 2.46 bits per heavy atom. The summed E-state index contributed by atoms with van der Waals surface area (Å²) in [6.45, 7) is 2.08. The van der Waals surface area contributed by atoms with Crippen LogP contribution in [0.3, 0.4) is 0 Å². The van der Waals surface area contributed by atoms with Gasteiger partial charge in [0.25, 0.3) is 0 Å². The first-order chi connectivity index (χ1) is 6.09. The average Bonchev–Trinajstić information content (AvgIpc) is 2.47. The Hall–Kier alpha value is -0.740. The molecule has 1 rings (SSSR count). The first kappa shape index (κ1) is 10.3. The normalized spacial score (nSPS) is 12.5. The van der Waals surface area contributed by atoms with Crippen LogP contribution in [0.25, 0.3) is 0 Å². The van der Waals surface area contributed by atoms with Gasteiger partial charge < -0.3 is 10.4 Å². The van der Waals surface area contributed by atoms with Gasteiger partial charge in [-0.05, 0) is 12.1 Å². The highest BCUT2D eigenvalue weighted by atomic mass is 35.5. The van der Waals surface area contributed by atoms with E-state index in [0.717, 1.165) is 5.00 Å². The zero-order chi connectivity index (χ0) is 9.84. The van der Waals surface area contributed by atoms with Crippen molar-refractivity contribution >= 4 is 33.9 Å². The van der Waals surface area contributed by atoms with Gasteiger partial charge >= 0.3 is 5.97 Å². The number of halogens is 1. The summed E-state index contributed by atoms with van der Waals surface area (Å²) < 4.78 is 0.700. The number of hydrogen-bond acceptors (Lipinski definition) is 3. The van der Waals surface area contributed by atoms with Crippen LogP contribution in [0, 0.1) is 5.92 Å². The van der Waals surface area contributed by atoms with Crippen LogP contribution in [0.2, 0.25) is 4.34 Å². The third kappa shape index (κ3) is 3.24. The maximum atomic E-state index is 10.5. The lowest BCUT2D eigenvalue weighted by atomic mass is 10.2. The number of nitrogens with one attached hydrogen (secondary N) is 1. The molecule has 0 aliphatic rings. The van der Waals surface area contributed by atoms with E-state index in [0.29, 0.717) is 10.9 Å². The molecule has 72 valence electrons. The number of anilines is 1. The molecule has 0 aromatic carbocycles. The summed E-state index contributed by atoms with van der Waals surface area (Å²) in [7, 11) is 0. The second-order valence-electron chi connectivity index (χ2n) is 2.72. The van der Waals surface area contributed by atoms with Crippen molar-refractivity contribution in [3.05, 3.63) is 16.5 Å². The van der Waals surface area contributed by atoms with Crippen LogP contribution in [0.4, 0.5) is 5.00 Å². The van der Waals surface area contributed by atoms with Gasteiger partial charge in [-0.1, -0.05) is 18.5 Å². The summed E-state index contributed by atoms with van der Waals surface area (Å²) in [6, 6.07) is 3.61. The SMILES string of the molecule is CC(CNc1ccc(Cl)s1)C(=O)O. The molecule has 2 N–H and O–H groups in total. The maximum Gasteiger partial charge on any atom is 0.308 e. The van der Waals surface area contributed by atoms with E-state index in [2.05, 4.69) is 5.32 Å². The summed E-state index contributed by atoms with van der Waals surface area (Å²) in [5, 5.41) is 12.5. The number of aliphatic carboxylic acids is 1. The molecule has 0 spiro atoms. The first-order valence-corrected chi connectivity index (χ1v) is 5.01. The topological polar surface area (TPSA) is 49.3 Å². The lowest BCUT2D eigenvalue weighted by Crippen LogP contribution is -2.19. The van der Waals surface area contributed by atoms with Crippen molar-refractivity contribution in [3.8, 4) is 0 Å². The van der Waals surface area contributed by atoms with Gasteiger partial charge in [0.05, 0.1) is 15.3 Å². The van der Waals surface area contributed by atoms with E-state index in [9.17, 15) is 4.79 Å². The molecule has 1 aromatic rings.